The van der Waals surface area contributed by atoms with Gasteiger partial charge in [-0.2, -0.15) is 0 Å². The van der Waals surface area contributed by atoms with E-state index in [1.165, 1.54) is 12.1 Å². The molecule has 0 aliphatic rings. The van der Waals surface area contributed by atoms with Crippen molar-refractivity contribution in [3.8, 4) is 5.75 Å². The molecule has 0 unspecified atom stereocenters. The van der Waals surface area contributed by atoms with Crippen LogP contribution in [0.1, 0.15) is 5.56 Å². The first-order valence-corrected chi connectivity index (χ1v) is 7.15. The molecule has 0 aliphatic heterocycles. The molecule has 0 radical (unpaired) electrons. The quantitative estimate of drug-likeness (QED) is 0.796. The third-order valence-electron chi connectivity index (χ3n) is 3.12. The van der Waals surface area contributed by atoms with Crippen molar-refractivity contribution in [1.82, 2.24) is 0 Å². The summed E-state index contributed by atoms with van der Waals surface area (Å²) < 4.78 is 23.9. The van der Waals surface area contributed by atoms with Gasteiger partial charge < -0.3 is 20.1 Å². The van der Waals surface area contributed by atoms with Crippen LogP contribution < -0.4 is 15.4 Å². The van der Waals surface area contributed by atoms with Gasteiger partial charge in [-0.3, -0.25) is 0 Å². The minimum Gasteiger partial charge on any atom is -0.491 e. The van der Waals surface area contributed by atoms with Crippen LogP contribution in [0.3, 0.4) is 0 Å². The van der Waals surface area contributed by atoms with E-state index in [1.54, 1.807) is 31.4 Å². The molecule has 0 aromatic heterocycles. The summed E-state index contributed by atoms with van der Waals surface area (Å²) >= 11 is 0. The number of anilines is 2. The van der Waals surface area contributed by atoms with Gasteiger partial charge in [0.25, 0.3) is 0 Å². The van der Waals surface area contributed by atoms with Crippen molar-refractivity contribution in [2.24, 2.45) is 0 Å². The number of nitrogens with one attached hydrogen (secondary N) is 2. The lowest BCUT2D eigenvalue weighted by molar-refractivity contribution is 0.146. The van der Waals surface area contributed by atoms with Gasteiger partial charge in [-0.05, 0) is 42.8 Å². The summed E-state index contributed by atoms with van der Waals surface area (Å²) in [7, 11) is 1.61. The smallest absolute Gasteiger partial charge is 0.323 e. The topological polar surface area (TPSA) is 59.6 Å². The minimum atomic E-state index is -0.508. The molecular formula is C17H19FN2O3. The first kappa shape index (κ1) is 16.8. The number of carbonyl (C=O) groups is 1. The van der Waals surface area contributed by atoms with Crippen molar-refractivity contribution in [1.29, 1.82) is 0 Å². The zero-order chi connectivity index (χ0) is 16.7. The number of hydrogen-bond donors (Lipinski definition) is 2. The number of hydrogen-bond acceptors (Lipinski definition) is 3. The van der Waals surface area contributed by atoms with Gasteiger partial charge in [0.2, 0.25) is 0 Å². The summed E-state index contributed by atoms with van der Waals surface area (Å²) in [5.74, 6) is 0.209. The summed E-state index contributed by atoms with van der Waals surface area (Å²) in [5.41, 5.74) is 1.59. The van der Waals surface area contributed by atoms with Crippen molar-refractivity contribution in [3.05, 3.63) is 53.8 Å². The zero-order valence-corrected chi connectivity index (χ0v) is 13.1. The Bertz CT molecular complexity index is 677. The van der Waals surface area contributed by atoms with Crippen LogP contribution in [0.25, 0.3) is 0 Å². The van der Waals surface area contributed by atoms with Crippen LogP contribution in [0.4, 0.5) is 20.6 Å². The zero-order valence-electron chi connectivity index (χ0n) is 13.1. The summed E-state index contributed by atoms with van der Waals surface area (Å²) in [6.07, 6.45) is 0. The third kappa shape index (κ3) is 4.96. The second-order valence-electron chi connectivity index (χ2n) is 4.88. The fraction of sp³-hybridized carbons (Fsp3) is 0.235. The highest BCUT2D eigenvalue weighted by atomic mass is 19.1. The van der Waals surface area contributed by atoms with Gasteiger partial charge in [-0.15, -0.1) is 0 Å². The minimum absolute atomic E-state index is 0.127. The maximum atomic E-state index is 13.5. The van der Waals surface area contributed by atoms with Gasteiger partial charge in [0.1, 0.15) is 18.2 Å². The number of aryl methyl sites for hydroxylation is 1. The third-order valence-corrected chi connectivity index (χ3v) is 3.12. The van der Waals surface area contributed by atoms with E-state index in [4.69, 9.17) is 9.47 Å². The average Bonchev–Trinajstić information content (AvgIpc) is 2.52. The number of ether oxygens (including phenoxy) is 2. The second kappa shape index (κ2) is 8.14. The maximum Gasteiger partial charge on any atom is 0.323 e. The SMILES string of the molecule is COCCOc1ccc(NC(=O)Nc2ccccc2F)c(C)c1. The number of amides is 2. The lowest BCUT2D eigenvalue weighted by Gasteiger charge is -2.12. The van der Waals surface area contributed by atoms with Crippen molar-refractivity contribution < 1.29 is 18.7 Å². The number of carbonyl (C=O) groups excluding carboxylic acids is 1. The van der Waals surface area contributed by atoms with Crippen molar-refractivity contribution in [2.75, 3.05) is 31.0 Å². The van der Waals surface area contributed by atoms with E-state index >= 15 is 0 Å². The molecule has 0 aliphatic carbocycles. The molecule has 0 atom stereocenters. The summed E-state index contributed by atoms with van der Waals surface area (Å²) in [6.45, 7) is 2.81. The lowest BCUT2D eigenvalue weighted by atomic mass is 10.2. The molecular weight excluding hydrogens is 299 g/mol. The van der Waals surface area contributed by atoms with Gasteiger partial charge >= 0.3 is 6.03 Å². The molecule has 23 heavy (non-hydrogen) atoms. The van der Waals surface area contributed by atoms with Gasteiger partial charge in [-0.1, -0.05) is 12.1 Å². The van der Waals surface area contributed by atoms with Crippen LogP contribution in [-0.2, 0) is 4.74 Å². The summed E-state index contributed by atoms with van der Waals surface area (Å²) in [5, 5.41) is 5.15. The number of benzene rings is 2. The molecule has 0 saturated heterocycles. The predicted octanol–water partition coefficient (Wildman–Crippen LogP) is 3.80. The van der Waals surface area contributed by atoms with E-state index in [0.717, 1.165) is 5.56 Å². The Morgan fingerprint density at radius 1 is 1.09 bits per heavy atom. The molecule has 0 bridgehead atoms. The Kier molecular flexibility index (Phi) is 5.94. The Morgan fingerprint density at radius 2 is 1.83 bits per heavy atom. The molecule has 5 nitrogen and oxygen atoms in total. The van der Waals surface area contributed by atoms with Crippen molar-refractivity contribution >= 4 is 17.4 Å². The molecule has 2 amide bonds. The highest BCUT2D eigenvalue weighted by Gasteiger charge is 2.08. The Balaban J connectivity index is 1.97. The van der Waals surface area contributed by atoms with Gasteiger partial charge in [0.15, 0.2) is 0 Å². The fourth-order valence-electron chi connectivity index (χ4n) is 1.95. The largest absolute Gasteiger partial charge is 0.491 e. The number of urea groups is 1. The molecule has 2 N–H and O–H groups in total. The maximum absolute atomic E-state index is 13.5. The van der Waals surface area contributed by atoms with E-state index in [1.807, 2.05) is 13.0 Å². The van der Waals surface area contributed by atoms with Gasteiger partial charge in [-0.25, -0.2) is 9.18 Å². The van der Waals surface area contributed by atoms with Crippen molar-refractivity contribution in [2.45, 2.75) is 6.92 Å². The van der Waals surface area contributed by atoms with E-state index in [-0.39, 0.29) is 5.69 Å². The second-order valence-corrected chi connectivity index (χ2v) is 4.88. The highest BCUT2D eigenvalue weighted by Crippen LogP contribution is 2.22. The Hall–Kier alpha value is -2.60. The van der Waals surface area contributed by atoms with Crippen LogP contribution in [0.15, 0.2) is 42.5 Å². The normalized spacial score (nSPS) is 10.2. The van der Waals surface area contributed by atoms with Gasteiger partial charge in [0.05, 0.1) is 12.3 Å². The Morgan fingerprint density at radius 3 is 2.52 bits per heavy atom. The van der Waals surface area contributed by atoms with Gasteiger partial charge in [0, 0.05) is 12.8 Å². The lowest BCUT2D eigenvalue weighted by Crippen LogP contribution is -2.20. The summed E-state index contributed by atoms with van der Waals surface area (Å²) in [4.78, 5) is 11.9. The highest BCUT2D eigenvalue weighted by molar-refractivity contribution is 6.00. The van der Waals surface area contributed by atoms with Crippen molar-refractivity contribution in [3.63, 3.8) is 0 Å². The van der Waals surface area contributed by atoms with E-state index < -0.39 is 11.8 Å². The molecule has 0 saturated carbocycles. The van der Waals surface area contributed by atoms with E-state index in [9.17, 15) is 9.18 Å². The molecule has 0 heterocycles. The summed E-state index contributed by atoms with van der Waals surface area (Å²) in [6, 6.07) is 10.8. The number of methoxy groups -OCH3 is 1. The number of para-hydroxylation sites is 1. The number of rotatable bonds is 6. The van der Waals surface area contributed by atoms with Crippen LogP contribution in [0, 0.1) is 12.7 Å². The first-order chi connectivity index (χ1) is 11.1. The van der Waals surface area contributed by atoms with E-state index in [2.05, 4.69) is 10.6 Å². The molecule has 2 aromatic carbocycles. The van der Waals surface area contributed by atoms with Crippen LogP contribution in [0.5, 0.6) is 5.75 Å². The monoisotopic (exact) mass is 318 g/mol. The molecule has 6 heteroatoms. The standard InChI is InChI=1S/C17H19FN2O3/c1-12-11-13(23-10-9-22-2)7-8-15(12)19-17(21)20-16-6-4-3-5-14(16)18/h3-8,11H,9-10H2,1-2H3,(H2,19,20,21). The number of halogens is 1. The molecule has 0 spiro atoms. The molecule has 122 valence electrons. The van der Waals surface area contributed by atoms with Crippen LogP contribution in [0.2, 0.25) is 0 Å². The molecule has 2 rings (SSSR count). The molecule has 0 fully saturated rings. The predicted molar refractivity (Wildman–Crippen MR) is 87.6 cm³/mol. The van der Waals surface area contributed by atoms with E-state index in [0.29, 0.717) is 24.7 Å². The molecule has 2 aromatic rings. The Labute approximate surface area is 134 Å². The van der Waals surface area contributed by atoms with Crippen LogP contribution >= 0.6 is 0 Å². The average molecular weight is 318 g/mol. The van der Waals surface area contributed by atoms with Crippen LogP contribution in [-0.4, -0.2) is 26.4 Å². The fourth-order valence-corrected chi connectivity index (χ4v) is 1.95. The first-order valence-electron chi connectivity index (χ1n) is 7.15.